The lowest BCUT2D eigenvalue weighted by atomic mass is 10.0. The molecule has 1 aliphatic rings. The van der Waals surface area contributed by atoms with Crippen LogP contribution < -0.4 is 10.5 Å². The largest absolute Gasteiger partial charge is 0.496 e. The quantitative estimate of drug-likeness (QED) is 0.868. The molecule has 1 fully saturated rings. The zero-order valence-electron chi connectivity index (χ0n) is 8.57. The molecule has 0 spiro atoms. The molecule has 4 heteroatoms. The van der Waals surface area contributed by atoms with E-state index in [2.05, 4.69) is 0 Å². The van der Waals surface area contributed by atoms with E-state index in [1.807, 2.05) is 0 Å². The number of ether oxygens (including phenoxy) is 1. The highest BCUT2D eigenvalue weighted by molar-refractivity contribution is 5.85. The Morgan fingerprint density at radius 1 is 1.47 bits per heavy atom. The zero-order chi connectivity index (χ0) is 10.1. The van der Waals surface area contributed by atoms with E-state index in [-0.39, 0.29) is 24.3 Å². The Bertz CT molecular complexity index is 341. The first kappa shape index (κ1) is 12.3. The van der Waals surface area contributed by atoms with Crippen LogP contribution in [0.1, 0.15) is 24.4 Å². The molecule has 0 aliphatic heterocycles. The van der Waals surface area contributed by atoms with Crippen molar-refractivity contribution in [3.63, 3.8) is 0 Å². The van der Waals surface area contributed by atoms with Gasteiger partial charge in [0.05, 0.1) is 7.11 Å². The van der Waals surface area contributed by atoms with E-state index in [9.17, 15) is 4.39 Å². The lowest BCUT2D eigenvalue weighted by Crippen LogP contribution is -2.13. The van der Waals surface area contributed by atoms with Crippen molar-refractivity contribution in [3.8, 4) is 5.75 Å². The van der Waals surface area contributed by atoms with Gasteiger partial charge in [-0.15, -0.1) is 12.4 Å². The highest BCUT2D eigenvalue weighted by Gasteiger charge is 2.31. The maximum Gasteiger partial charge on any atom is 0.123 e. The van der Waals surface area contributed by atoms with Crippen molar-refractivity contribution in [1.29, 1.82) is 0 Å². The third-order valence-electron chi connectivity index (χ3n) is 2.68. The summed E-state index contributed by atoms with van der Waals surface area (Å²) in [5, 5.41) is 0. The van der Waals surface area contributed by atoms with Gasteiger partial charge in [-0.2, -0.15) is 0 Å². The Morgan fingerprint density at radius 2 is 2.13 bits per heavy atom. The Hall–Kier alpha value is -0.800. The van der Waals surface area contributed by atoms with Crippen molar-refractivity contribution < 1.29 is 9.13 Å². The minimum Gasteiger partial charge on any atom is -0.496 e. The number of benzene rings is 1. The summed E-state index contributed by atoms with van der Waals surface area (Å²) in [6.07, 6.45) is 2.28. The van der Waals surface area contributed by atoms with Gasteiger partial charge in [0.25, 0.3) is 0 Å². The Balaban J connectivity index is 0.00000112. The second kappa shape index (κ2) is 4.81. The molecule has 1 aliphatic carbocycles. The second-order valence-corrected chi connectivity index (χ2v) is 3.75. The number of nitrogens with two attached hydrogens (primary N) is 1. The van der Waals surface area contributed by atoms with Crippen molar-refractivity contribution in [3.05, 3.63) is 29.6 Å². The molecule has 2 nitrogen and oxygen atoms in total. The van der Waals surface area contributed by atoms with Gasteiger partial charge in [0.15, 0.2) is 0 Å². The summed E-state index contributed by atoms with van der Waals surface area (Å²) >= 11 is 0. The smallest absolute Gasteiger partial charge is 0.123 e. The van der Waals surface area contributed by atoms with Crippen LogP contribution in [0.15, 0.2) is 18.2 Å². The molecule has 2 rings (SSSR count). The van der Waals surface area contributed by atoms with Gasteiger partial charge >= 0.3 is 0 Å². The van der Waals surface area contributed by atoms with E-state index < -0.39 is 0 Å². The maximum atomic E-state index is 13.0. The van der Waals surface area contributed by atoms with Crippen LogP contribution in [0.3, 0.4) is 0 Å². The fraction of sp³-hybridized carbons (Fsp3) is 0.455. The Morgan fingerprint density at radius 3 is 2.67 bits per heavy atom. The lowest BCUT2D eigenvalue weighted by molar-refractivity contribution is 0.401. The fourth-order valence-electron chi connectivity index (χ4n) is 1.67. The zero-order valence-corrected chi connectivity index (χ0v) is 9.39. The molecule has 0 radical (unpaired) electrons. The van der Waals surface area contributed by atoms with Crippen LogP contribution in [0.5, 0.6) is 5.75 Å². The molecular formula is C11H15ClFNO. The molecule has 84 valence electrons. The van der Waals surface area contributed by atoms with Crippen molar-refractivity contribution >= 4 is 12.4 Å². The molecule has 15 heavy (non-hydrogen) atoms. The van der Waals surface area contributed by atoms with Crippen LogP contribution >= 0.6 is 12.4 Å². The van der Waals surface area contributed by atoms with Crippen LogP contribution in [0.4, 0.5) is 4.39 Å². The first-order valence-electron chi connectivity index (χ1n) is 4.81. The van der Waals surface area contributed by atoms with Gasteiger partial charge in [0.1, 0.15) is 11.6 Å². The first-order chi connectivity index (χ1) is 6.72. The van der Waals surface area contributed by atoms with Gasteiger partial charge in [-0.3, -0.25) is 0 Å². The predicted octanol–water partition coefficient (Wildman–Crippen LogP) is 2.67. The summed E-state index contributed by atoms with van der Waals surface area (Å²) in [5.74, 6) is 0.938. The average molecular weight is 232 g/mol. The average Bonchev–Trinajstić information content (AvgIpc) is 3.00. The first-order valence-corrected chi connectivity index (χ1v) is 4.81. The molecule has 0 saturated heterocycles. The second-order valence-electron chi connectivity index (χ2n) is 3.75. The minimum absolute atomic E-state index is 0. The summed E-state index contributed by atoms with van der Waals surface area (Å²) in [6, 6.07) is 4.41. The van der Waals surface area contributed by atoms with E-state index >= 15 is 0 Å². The van der Waals surface area contributed by atoms with Crippen LogP contribution in [0.25, 0.3) is 0 Å². The van der Waals surface area contributed by atoms with Gasteiger partial charge in [-0.1, -0.05) is 0 Å². The normalized spacial score (nSPS) is 16.7. The molecule has 0 unspecified atom stereocenters. The van der Waals surface area contributed by atoms with Gasteiger partial charge in [-0.05, 0) is 37.0 Å². The number of rotatable bonds is 3. The van der Waals surface area contributed by atoms with E-state index in [0.717, 1.165) is 18.4 Å². The van der Waals surface area contributed by atoms with E-state index in [0.29, 0.717) is 11.7 Å². The summed E-state index contributed by atoms with van der Waals surface area (Å²) < 4.78 is 18.2. The molecular weight excluding hydrogens is 217 g/mol. The standard InChI is InChI=1S/C11H14FNO.ClH/c1-14-10-5-4-8(12)6-9(10)11(13)7-2-3-7;/h4-7,11H,2-3,13H2,1H3;1H/t11-;/m1./s1. The van der Waals surface area contributed by atoms with E-state index in [1.165, 1.54) is 12.1 Å². The number of hydrogen-bond acceptors (Lipinski definition) is 2. The minimum atomic E-state index is -0.253. The van der Waals surface area contributed by atoms with E-state index in [1.54, 1.807) is 13.2 Å². The third kappa shape index (κ3) is 2.61. The predicted molar refractivity (Wildman–Crippen MR) is 59.9 cm³/mol. The van der Waals surface area contributed by atoms with Crippen molar-refractivity contribution in [1.82, 2.24) is 0 Å². The molecule has 2 N–H and O–H groups in total. The van der Waals surface area contributed by atoms with Crippen molar-refractivity contribution in [2.45, 2.75) is 18.9 Å². The van der Waals surface area contributed by atoms with Gasteiger partial charge < -0.3 is 10.5 Å². The molecule has 0 heterocycles. The molecule has 0 amide bonds. The Labute approximate surface area is 95.0 Å². The molecule has 1 saturated carbocycles. The highest BCUT2D eigenvalue weighted by Crippen LogP contribution is 2.42. The molecule has 1 aromatic carbocycles. The van der Waals surface area contributed by atoms with Gasteiger partial charge in [0, 0.05) is 11.6 Å². The third-order valence-corrected chi connectivity index (χ3v) is 2.68. The number of hydrogen-bond donors (Lipinski definition) is 1. The summed E-state index contributed by atoms with van der Waals surface area (Å²) in [7, 11) is 1.58. The number of halogens is 2. The Kier molecular flexibility index (Phi) is 3.94. The van der Waals surface area contributed by atoms with Crippen LogP contribution in [0.2, 0.25) is 0 Å². The van der Waals surface area contributed by atoms with Gasteiger partial charge in [0.2, 0.25) is 0 Å². The molecule has 0 aromatic heterocycles. The fourth-order valence-corrected chi connectivity index (χ4v) is 1.67. The maximum absolute atomic E-state index is 13.0. The monoisotopic (exact) mass is 231 g/mol. The SMILES string of the molecule is COc1ccc(F)cc1[C@H](N)C1CC1.Cl. The van der Waals surface area contributed by atoms with Crippen LogP contribution in [-0.4, -0.2) is 7.11 Å². The molecule has 1 aromatic rings. The summed E-state index contributed by atoms with van der Waals surface area (Å²) in [5.41, 5.74) is 6.79. The highest BCUT2D eigenvalue weighted by atomic mass is 35.5. The van der Waals surface area contributed by atoms with Crippen molar-refractivity contribution in [2.24, 2.45) is 11.7 Å². The van der Waals surface area contributed by atoms with E-state index in [4.69, 9.17) is 10.5 Å². The summed E-state index contributed by atoms with van der Waals surface area (Å²) in [4.78, 5) is 0. The lowest BCUT2D eigenvalue weighted by Gasteiger charge is -2.14. The molecule has 1 atom stereocenters. The van der Waals surface area contributed by atoms with Crippen molar-refractivity contribution in [2.75, 3.05) is 7.11 Å². The van der Waals surface area contributed by atoms with Crippen LogP contribution in [0, 0.1) is 11.7 Å². The topological polar surface area (TPSA) is 35.2 Å². The van der Waals surface area contributed by atoms with Gasteiger partial charge in [-0.25, -0.2) is 4.39 Å². The molecule has 0 bridgehead atoms. The van der Waals surface area contributed by atoms with Crippen LogP contribution in [-0.2, 0) is 0 Å². The summed E-state index contributed by atoms with van der Waals surface area (Å²) in [6.45, 7) is 0. The number of methoxy groups -OCH3 is 1.